The van der Waals surface area contributed by atoms with Crippen LogP contribution in [-0.2, 0) is 29.7 Å². The molecule has 0 atom stereocenters. The summed E-state index contributed by atoms with van der Waals surface area (Å²) >= 11 is 6.26. The summed E-state index contributed by atoms with van der Waals surface area (Å²) < 4.78 is 28.8. The number of carbonyl (C=O) groups is 1. The first-order chi connectivity index (χ1) is 19.8. The highest BCUT2D eigenvalue weighted by Gasteiger charge is 2.26. The van der Waals surface area contributed by atoms with Gasteiger partial charge in [0.1, 0.15) is 0 Å². The lowest BCUT2D eigenvalue weighted by Crippen LogP contribution is -2.31. The zero-order valence-electron chi connectivity index (χ0n) is 23.1. The van der Waals surface area contributed by atoms with Crippen LogP contribution in [-0.4, -0.2) is 32.3 Å². The maximum absolute atomic E-state index is 13.7. The minimum Gasteiger partial charge on any atom is -0.348 e. The topological polar surface area (TPSA) is 69.7 Å². The summed E-state index contributed by atoms with van der Waals surface area (Å²) in [6.45, 7) is 5.68. The molecule has 0 aliphatic carbocycles. The Morgan fingerprint density at radius 2 is 1.49 bits per heavy atom. The van der Waals surface area contributed by atoms with E-state index < -0.39 is 10.0 Å². The summed E-state index contributed by atoms with van der Waals surface area (Å²) in [5.74, 6) is -0.183. The van der Waals surface area contributed by atoms with E-state index in [1.54, 1.807) is 72.8 Å². The Kier molecular flexibility index (Phi) is 9.08. The lowest BCUT2D eigenvalue weighted by atomic mass is 10.1. The number of amides is 1. The van der Waals surface area contributed by atoms with Crippen molar-refractivity contribution in [2.75, 3.05) is 17.4 Å². The Morgan fingerprint density at radius 1 is 0.854 bits per heavy atom. The van der Waals surface area contributed by atoms with Crippen LogP contribution in [0.15, 0.2) is 102 Å². The molecule has 1 aliphatic rings. The number of carbonyl (C=O) groups excluding carboxylic acids is 1. The smallest absolute Gasteiger partial charge is 0.264 e. The lowest BCUT2D eigenvalue weighted by Gasteiger charge is -2.26. The van der Waals surface area contributed by atoms with Gasteiger partial charge in [-0.1, -0.05) is 72.3 Å². The number of hydrogen-bond donors (Lipinski definition) is 1. The van der Waals surface area contributed by atoms with Crippen molar-refractivity contribution in [3.8, 4) is 0 Å². The summed E-state index contributed by atoms with van der Waals surface area (Å²) in [7, 11) is -3.87. The van der Waals surface area contributed by atoms with E-state index in [0.29, 0.717) is 22.8 Å². The first-order valence-corrected chi connectivity index (χ1v) is 15.6. The van der Waals surface area contributed by atoms with Crippen LogP contribution in [0.25, 0.3) is 0 Å². The van der Waals surface area contributed by atoms with Gasteiger partial charge in [-0.05, 0) is 91.5 Å². The number of rotatable bonds is 10. The van der Waals surface area contributed by atoms with Crippen molar-refractivity contribution in [3.63, 3.8) is 0 Å². The van der Waals surface area contributed by atoms with Gasteiger partial charge < -0.3 is 5.32 Å². The van der Waals surface area contributed by atoms with Crippen LogP contribution in [0.4, 0.5) is 5.69 Å². The van der Waals surface area contributed by atoms with E-state index in [-0.39, 0.29) is 17.3 Å². The summed E-state index contributed by atoms with van der Waals surface area (Å²) in [6, 6.07) is 29.0. The SMILES string of the molecule is Cc1ccc(Cl)cc1N(Cc1ccc(C(=O)NCc2ccc(CN3CCCC3)cc2)cc1)S(=O)(=O)c1ccccc1. The Morgan fingerprint density at radius 3 is 2.17 bits per heavy atom. The highest BCUT2D eigenvalue weighted by atomic mass is 35.5. The third kappa shape index (κ3) is 7.17. The van der Waals surface area contributed by atoms with E-state index >= 15 is 0 Å². The van der Waals surface area contributed by atoms with E-state index in [4.69, 9.17) is 11.6 Å². The number of sulfonamides is 1. The van der Waals surface area contributed by atoms with Crippen molar-refractivity contribution in [2.24, 2.45) is 0 Å². The molecule has 212 valence electrons. The first kappa shape index (κ1) is 28.9. The standard InChI is InChI=1S/C33H34ClN3O3S/c1-25-9-18-30(34)21-32(25)37(41(39,40)31-7-3-2-4-8-31)24-28-14-16-29(17-15-28)33(38)35-22-26-10-12-27(13-11-26)23-36-19-5-6-20-36/h2-4,7-18,21H,5-6,19-20,22-24H2,1H3,(H,35,38). The van der Waals surface area contributed by atoms with Crippen molar-refractivity contribution in [1.82, 2.24) is 10.2 Å². The molecule has 6 nitrogen and oxygen atoms in total. The summed E-state index contributed by atoms with van der Waals surface area (Å²) in [4.78, 5) is 15.5. The summed E-state index contributed by atoms with van der Waals surface area (Å²) in [5.41, 5.74) is 4.88. The number of aryl methyl sites for hydroxylation is 1. The van der Waals surface area contributed by atoms with Crippen molar-refractivity contribution >= 4 is 33.2 Å². The lowest BCUT2D eigenvalue weighted by molar-refractivity contribution is 0.0951. The van der Waals surface area contributed by atoms with E-state index in [0.717, 1.165) is 36.3 Å². The van der Waals surface area contributed by atoms with Crippen LogP contribution < -0.4 is 9.62 Å². The molecule has 1 saturated heterocycles. The fourth-order valence-corrected chi connectivity index (χ4v) is 6.74. The van der Waals surface area contributed by atoms with Gasteiger partial charge in [-0.15, -0.1) is 0 Å². The Hall–Kier alpha value is -3.65. The summed E-state index contributed by atoms with van der Waals surface area (Å²) in [5, 5.41) is 3.43. The molecule has 5 rings (SSSR count). The highest BCUT2D eigenvalue weighted by molar-refractivity contribution is 7.92. The van der Waals surface area contributed by atoms with E-state index in [1.165, 1.54) is 22.7 Å². The van der Waals surface area contributed by atoms with Gasteiger partial charge in [-0.3, -0.25) is 14.0 Å². The largest absolute Gasteiger partial charge is 0.348 e. The molecular formula is C33H34ClN3O3S. The molecule has 0 bridgehead atoms. The van der Waals surface area contributed by atoms with Crippen molar-refractivity contribution < 1.29 is 13.2 Å². The predicted octanol–water partition coefficient (Wildman–Crippen LogP) is 6.57. The maximum Gasteiger partial charge on any atom is 0.264 e. The molecule has 0 unspecified atom stereocenters. The highest BCUT2D eigenvalue weighted by Crippen LogP contribution is 2.31. The zero-order chi connectivity index (χ0) is 28.8. The molecule has 8 heteroatoms. The molecule has 1 N–H and O–H groups in total. The molecule has 4 aromatic rings. The van der Waals surface area contributed by atoms with E-state index in [1.807, 2.05) is 6.92 Å². The van der Waals surface area contributed by atoms with Gasteiger partial charge in [0, 0.05) is 23.7 Å². The Bertz CT molecular complexity index is 1590. The van der Waals surface area contributed by atoms with Gasteiger partial charge in [0.15, 0.2) is 0 Å². The maximum atomic E-state index is 13.7. The third-order valence-electron chi connectivity index (χ3n) is 7.39. The van der Waals surface area contributed by atoms with Crippen LogP contribution in [0.2, 0.25) is 5.02 Å². The van der Waals surface area contributed by atoms with Gasteiger partial charge in [0.2, 0.25) is 0 Å². The van der Waals surface area contributed by atoms with Crippen LogP contribution in [0, 0.1) is 6.92 Å². The molecule has 1 aliphatic heterocycles. The van der Waals surface area contributed by atoms with Crippen LogP contribution >= 0.6 is 11.6 Å². The number of hydrogen-bond acceptors (Lipinski definition) is 4. The van der Waals surface area contributed by atoms with Crippen molar-refractivity contribution in [1.29, 1.82) is 0 Å². The fourth-order valence-electron chi connectivity index (χ4n) is 5.04. The van der Waals surface area contributed by atoms with Gasteiger partial charge in [-0.2, -0.15) is 0 Å². The average Bonchev–Trinajstić information content (AvgIpc) is 3.50. The molecular weight excluding hydrogens is 554 g/mol. The van der Waals surface area contributed by atoms with Crippen molar-refractivity contribution in [3.05, 3.63) is 130 Å². The third-order valence-corrected chi connectivity index (χ3v) is 9.40. The van der Waals surface area contributed by atoms with Crippen LogP contribution in [0.5, 0.6) is 0 Å². The second-order valence-corrected chi connectivity index (χ2v) is 12.7. The quantitative estimate of drug-likeness (QED) is 0.228. The molecule has 1 fully saturated rings. The molecule has 1 amide bonds. The number of likely N-dealkylation sites (tertiary alicyclic amines) is 1. The Labute approximate surface area is 247 Å². The van der Waals surface area contributed by atoms with E-state index in [2.05, 4.69) is 34.5 Å². The minimum absolute atomic E-state index is 0.0874. The van der Waals surface area contributed by atoms with Gasteiger partial charge in [0.05, 0.1) is 17.1 Å². The molecule has 0 radical (unpaired) electrons. The molecule has 41 heavy (non-hydrogen) atoms. The molecule has 0 spiro atoms. The minimum atomic E-state index is -3.87. The van der Waals surface area contributed by atoms with Crippen molar-refractivity contribution in [2.45, 2.75) is 44.3 Å². The monoisotopic (exact) mass is 587 g/mol. The molecule has 0 aromatic heterocycles. The second-order valence-electron chi connectivity index (χ2n) is 10.4. The zero-order valence-corrected chi connectivity index (χ0v) is 24.7. The first-order valence-electron chi connectivity index (χ1n) is 13.8. The predicted molar refractivity (Wildman–Crippen MR) is 165 cm³/mol. The van der Waals surface area contributed by atoms with Crippen LogP contribution in [0.1, 0.15) is 45.5 Å². The number of nitrogens with zero attached hydrogens (tertiary/aromatic N) is 2. The molecule has 4 aromatic carbocycles. The van der Waals surface area contributed by atoms with Gasteiger partial charge in [-0.25, -0.2) is 8.42 Å². The molecule has 0 saturated carbocycles. The number of benzene rings is 4. The van der Waals surface area contributed by atoms with Gasteiger partial charge in [0.25, 0.3) is 15.9 Å². The molecule has 1 heterocycles. The number of halogens is 1. The van der Waals surface area contributed by atoms with E-state index in [9.17, 15) is 13.2 Å². The fraction of sp³-hybridized carbons (Fsp3) is 0.242. The second kappa shape index (κ2) is 12.9. The summed E-state index contributed by atoms with van der Waals surface area (Å²) in [6.07, 6.45) is 2.55. The average molecular weight is 588 g/mol. The number of anilines is 1. The normalized spacial score (nSPS) is 13.7. The van der Waals surface area contributed by atoms with Gasteiger partial charge >= 0.3 is 0 Å². The van der Waals surface area contributed by atoms with Crippen LogP contribution in [0.3, 0.4) is 0 Å². The number of nitrogens with one attached hydrogen (secondary N) is 1. The Balaban J connectivity index is 1.27.